The number of rotatable bonds is 10. The van der Waals surface area contributed by atoms with Gasteiger partial charge in [0.25, 0.3) is 0 Å². The van der Waals surface area contributed by atoms with Crippen molar-refractivity contribution in [3.8, 4) is 0 Å². The lowest BCUT2D eigenvalue weighted by Gasteiger charge is -2.30. The molecule has 0 rings (SSSR count). The fraction of sp³-hybridized carbons (Fsp3) is 0.929. The maximum Gasteiger partial charge on any atom is 0.313 e. The van der Waals surface area contributed by atoms with Crippen LogP contribution in [0.1, 0.15) is 71.1 Å². The van der Waals surface area contributed by atoms with E-state index in [4.69, 9.17) is 0 Å². The van der Waals surface area contributed by atoms with Gasteiger partial charge in [-0.25, -0.2) is 4.79 Å². The van der Waals surface area contributed by atoms with Gasteiger partial charge >= 0.3 is 5.91 Å². The minimum absolute atomic E-state index is 0.201. The van der Waals surface area contributed by atoms with Gasteiger partial charge in [0, 0.05) is 0 Å². The predicted octanol–water partition coefficient (Wildman–Crippen LogP) is 4.01. The Hall–Kier alpha value is -0.410. The van der Waals surface area contributed by atoms with Crippen LogP contribution in [0.3, 0.4) is 0 Å². The number of nitrogens with zero attached hydrogens (tertiary/aromatic N) is 1. The van der Waals surface area contributed by atoms with E-state index < -0.39 is 4.65 Å². The van der Waals surface area contributed by atoms with Crippen molar-refractivity contribution >= 4 is 5.91 Å². The van der Waals surface area contributed by atoms with Crippen LogP contribution in [0, 0.1) is 5.21 Å². The second-order valence-electron chi connectivity index (χ2n) is 5.32. The Bertz CT molecular complexity index is 197. The smallest absolute Gasteiger partial charge is 0.313 e. The molecule has 102 valence electrons. The average molecular weight is 243 g/mol. The highest BCUT2D eigenvalue weighted by atomic mass is 16.6. The summed E-state index contributed by atoms with van der Waals surface area (Å²) in [6.45, 7) is 2.23. The van der Waals surface area contributed by atoms with E-state index in [-0.39, 0.29) is 5.91 Å². The van der Waals surface area contributed by atoms with Gasteiger partial charge in [0.15, 0.2) is 0 Å². The molecule has 0 aliphatic heterocycles. The van der Waals surface area contributed by atoms with E-state index in [0.717, 1.165) is 12.8 Å². The number of carbonyl (C=O) groups is 1. The number of amides is 1. The van der Waals surface area contributed by atoms with Gasteiger partial charge in [-0.3, -0.25) is 0 Å². The second kappa shape index (κ2) is 9.60. The summed E-state index contributed by atoms with van der Waals surface area (Å²) in [7, 11) is 2.80. The van der Waals surface area contributed by atoms with Crippen LogP contribution in [0.25, 0.3) is 0 Å². The molecule has 0 N–H and O–H groups in total. The van der Waals surface area contributed by atoms with Crippen molar-refractivity contribution in [2.75, 3.05) is 14.1 Å². The third-order valence-electron chi connectivity index (χ3n) is 3.09. The number of carbonyl (C=O) groups excluding carboxylic acids is 1. The van der Waals surface area contributed by atoms with E-state index in [1.165, 1.54) is 59.0 Å². The molecule has 0 saturated carbocycles. The van der Waals surface area contributed by atoms with Crippen LogP contribution in [-0.4, -0.2) is 24.6 Å². The molecule has 0 aliphatic rings. The summed E-state index contributed by atoms with van der Waals surface area (Å²) in [6, 6.07) is 0. The summed E-state index contributed by atoms with van der Waals surface area (Å²) >= 11 is 0. The zero-order valence-corrected chi connectivity index (χ0v) is 11.8. The first-order valence-corrected chi connectivity index (χ1v) is 7.07. The molecule has 0 aromatic carbocycles. The number of hydroxylamine groups is 3. The van der Waals surface area contributed by atoms with Gasteiger partial charge in [0.1, 0.15) is 0 Å². The molecule has 0 aromatic heterocycles. The standard InChI is InChI=1S/C14H29NO2/c1-4-5-6-7-8-9-10-11-12-13-14(16)15(2,3)17/h4-13H2,1-3H3. The second-order valence-corrected chi connectivity index (χ2v) is 5.32. The largest absolute Gasteiger partial charge is 0.626 e. The van der Waals surface area contributed by atoms with Crippen molar-refractivity contribution < 1.29 is 9.44 Å². The molecule has 0 aromatic rings. The minimum atomic E-state index is -0.781. The summed E-state index contributed by atoms with van der Waals surface area (Å²) in [5.41, 5.74) is 0. The highest BCUT2D eigenvalue weighted by Crippen LogP contribution is 2.11. The van der Waals surface area contributed by atoms with Gasteiger partial charge in [-0.05, 0) is 6.42 Å². The van der Waals surface area contributed by atoms with Crippen LogP contribution in [0.15, 0.2) is 0 Å². The summed E-state index contributed by atoms with van der Waals surface area (Å²) in [4.78, 5) is 11.3. The zero-order chi connectivity index (χ0) is 13.1. The molecule has 0 heterocycles. The van der Waals surface area contributed by atoms with Crippen molar-refractivity contribution in [2.45, 2.75) is 71.1 Å². The molecule has 0 saturated heterocycles. The van der Waals surface area contributed by atoms with Crippen molar-refractivity contribution in [1.29, 1.82) is 0 Å². The maximum absolute atomic E-state index is 11.3. The summed E-state index contributed by atoms with van der Waals surface area (Å²) in [6.07, 6.45) is 11.5. The molecule has 0 atom stereocenters. The highest BCUT2D eigenvalue weighted by Gasteiger charge is 2.14. The summed E-state index contributed by atoms with van der Waals surface area (Å²) < 4.78 is -0.781. The third-order valence-corrected chi connectivity index (χ3v) is 3.09. The fourth-order valence-electron chi connectivity index (χ4n) is 1.86. The Balaban J connectivity index is 3.22. The van der Waals surface area contributed by atoms with E-state index in [0.29, 0.717) is 6.42 Å². The first kappa shape index (κ1) is 16.6. The van der Waals surface area contributed by atoms with E-state index in [2.05, 4.69) is 6.92 Å². The third kappa shape index (κ3) is 10.5. The number of quaternary nitrogens is 1. The molecule has 0 spiro atoms. The lowest BCUT2D eigenvalue weighted by atomic mass is 10.1. The van der Waals surface area contributed by atoms with Crippen molar-refractivity contribution in [3.05, 3.63) is 5.21 Å². The van der Waals surface area contributed by atoms with Gasteiger partial charge in [-0.15, -0.1) is 0 Å². The van der Waals surface area contributed by atoms with Gasteiger partial charge in [0.2, 0.25) is 0 Å². The van der Waals surface area contributed by atoms with Crippen LogP contribution in [0.5, 0.6) is 0 Å². The normalized spacial score (nSPS) is 11.8. The SMILES string of the molecule is CCCCCCCCCCCC(=O)[N+](C)(C)[O-]. The Labute approximate surface area is 106 Å². The number of hydrogen-bond donors (Lipinski definition) is 0. The molecule has 17 heavy (non-hydrogen) atoms. The van der Waals surface area contributed by atoms with Gasteiger partial charge in [-0.1, -0.05) is 58.3 Å². The van der Waals surface area contributed by atoms with Gasteiger partial charge in [-0.2, -0.15) is 0 Å². The van der Waals surface area contributed by atoms with Crippen LogP contribution in [0.2, 0.25) is 0 Å². The quantitative estimate of drug-likeness (QED) is 0.330. The van der Waals surface area contributed by atoms with Crippen molar-refractivity contribution in [1.82, 2.24) is 0 Å². The van der Waals surface area contributed by atoms with Gasteiger partial charge < -0.3 is 9.85 Å². The molecule has 3 heteroatoms. The van der Waals surface area contributed by atoms with E-state index in [9.17, 15) is 10.0 Å². The Morgan fingerprint density at radius 3 is 1.71 bits per heavy atom. The van der Waals surface area contributed by atoms with Crippen molar-refractivity contribution in [2.24, 2.45) is 0 Å². The molecule has 0 radical (unpaired) electrons. The topological polar surface area (TPSA) is 40.1 Å². The average Bonchev–Trinajstić information content (AvgIpc) is 2.25. The summed E-state index contributed by atoms with van der Waals surface area (Å²) in [5.74, 6) is -0.201. The Kier molecular flexibility index (Phi) is 9.37. The fourth-order valence-corrected chi connectivity index (χ4v) is 1.86. The zero-order valence-electron chi connectivity index (χ0n) is 11.8. The van der Waals surface area contributed by atoms with E-state index in [1.54, 1.807) is 0 Å². The number of unbranched alkanes of at least 4 members (excludes halogenated alkanes) is 8. The van der Waals surface area contributed by atoms with E-state index in [1.807, 2.05) is 0 Å². The molecule has 3 nitrogen and oxygen atoms in total. The molecule has 0 aliphatic carbocycles. The minimum Gasteiger partial charge on any atom is -0.626 e. The molecular formula is C14H29NO2. The molecular weight excluding hydrogens is 214 g/mol. The van der Waals surface area contributed by atoms with Crippen LogP contribution in [0.4, 0.5) is 0 Å². The first-order valence-electron chi connectivity index (χ1n) is 7.07. The lowest BCUT2D eigenvalue weighted by Crippen LogP contribution is -2.39. The van der Waals surface area contributed by atoms with Crippen LogP contribution < -0.4 is 0 Å². The lowest BCUT2D eigenvalue weighted by molar-refractivity contribution is -0.760. The number of hydrogen-bond acceptors (Lipinski definition) is 2. The first-order chi connectivity index (χ1) is 7.98. The monoisotopic (exact) mass is 243 g/mol. The molecule has 0 bridgehead atoms. The maximum atomic E-state index is 11.3. The Morgan fingerprint density at radius 1 is 0.882 bits per heavy atom. The van der Waals surface area contributed by atoms with E-state index >= 15 is 0 Å². The highest BCUT2D eigenvalue weighted by molar-refractivity contribution is 5.68. The summed E-state index contributed by atoms with van der Waals surface area (Å²) in [5, 5.41) is 11.3. The molecule has 0 unspecified atom stereocenters. The Morgan fingerprint density at radius 2 is 1.29 bits per heavy atom. The molecule has 0 fully saturated rings. The van der Waals surface area contributed by atoms with Crippen LogP contribution in [-0.2, 0) is 4.79 Å². The molecule has 1 amide bonds. The van der Waals surface area contributed by atoms with Gasteiger partial charge in [0.05, 0.1) is 20.5 Å². The van der Waals surface area contributed by atoms with Crippen LogP contribution >= 0.6 is 0 Å². The van der Waals surface area contributed by atoms with Crippen molar-refractivity contribution in [3.63, 3.8) is 0 Å². The predicted molar refractivity (Wildman–Crippen MR) is 72.3 cm³/mol.